The highest BCUT2D eigenvalue weighted by Crippen LogP contribution is 2.37. The molecular formula is C17H13Cl2N3O4. The number of halogens is 2. The highest BCUT2D eigenvalue weighted by molar-refractivity contribution is 6.32. The van der Waals surface area contributed by atoms with Crippen LogP contribution in [-0.2, 0) is 4.79 Å². The van der Waals surface area contributed by atoms with Crippen LogP contribution in [0.15, 0.2) is 40.9 Å². The lowest BCUT2D eigenvalue weighted by Gasteiger charge is -2.13. The van der Waals surface area contributed by atoms with Crippen LogP contribution in [-0.4, -0.2) is 27.8 Å². The molecule has 0 atom stereocenters. The van der Waals surface area contributed by atoms with Gasteiger partial charge < -0.3 is 19.7 Å². The number of rotatable bonds is 6. The van der Waals surface area contributed by atoms with Gasteiger partial charge in [0.25, 0.3) is 0 Å². The second kappa shape index (κ2) is 7.63. The normalized spacial score (nSPS) is 10.6. The lowest BCUT2D eigenvalue weighted by atomic mass is 10.2. The van der Waals surface area contributed by atoms with Gasteiger partial charge in [0.2, 0.25) is 11.7 Å². The fraction of sp³-hybridized carbons (Fsp3) is 0.118. The highest BCUT2D eigenvalue weighted by atomic mass is 35.5. The smallest absolute Gasteiger partial charge is 0.322 e. The van der Waals surface area contributed by atoms with Crippen molar-refractivity contribution in [1.29, 1.82) is 0 Å². The molecule has 0 spiro atoms. The molecule has 2 N–H and O–H groups in total. The number of aryl methyl sites for hydroxylation is 1. The third-order valence-corrected chi connectivity index (χ3v) is 3.84. The molecule has 0 unspecified atom stereocenters. The van der Waals surface area contributed by atoms with Gasteiger partial charge in [-0.25, -0.2) is 0 Å². The van der Waals surface area contributed by atoms with E-state index in [0.717, 1.165) is 0 Å². The van der Waals surface area contributed by atoms with E-state index in [9.17, 15) is 4.79 Å². The van der Waals surface area contributed by atoms with Gasteiger partial charge in [0.15, 0.2) is 5.75 Å². The predicted octanol–water partition coefficient (Wildman–Crippen LogP) is 4.64. The molecule has 0 bridgehead atoms. The Morgan fingerprint density at radius 2 is 2.04 bits per heavy atom. The SMILES string of the molecule is Cc1nc(-c2ccc(Oc3cc(Cl)ccc3NCC(=O)O)c(Cl)c2)no1. The molecule has 0 amide bonds. The zero-order valence-electron chi connectivity index (χ0n) is 13.5. The Morgan fingerprint density at radius 3 is 2.69 bits per heavy atom. The van der Waals surface area contributed by atoms with Crippen molar-refractivity contribution in [2.24, 2.45) is 0 Å². The van der Waals surface area contributed by atoms with E-state index in [-0.39, 0.29) is 6.54 Å². The quantitative estimate of drug-likeness (QED) is 0.629. The first-order valence-electron chi connectivity index (χ1n) is 7.45. The predicted molar refractivity (Wildman–Crippen MR) is 97.1 cm³/mol. The largest absolute Gasteiger partial charge is 0.480 e. The average molecular weight is 394 g/mol. The minimum Gasteiger partial charge on any atom is -0.480 e. The van der Waals surface area contributed by atoms with Gasteiger partial charge >= 0.3 is 5.97 Å². The van der Waals surface area contributed by atoms with E-state index >= 15 is 0 Å². The Balaban J connectivity index is 1.86. The summed E-state index contributed by atoms with van der Waals surface area (Å²) in [4.78, 5) is 14.9. The molecule has 9 heteroatoms. The first kappa shape index (κ1) is 18.0. The van der Waals surface area contributed by atoms with Gasteiger partial charge in [0.05, 0.1) is 10.7 Å². The molecule has 0 fully saturated rings. The Kier molecular flexibility index (Phi) is 5.29. The van der Waals surface area contributed by atoms with Crippen molar-refractivity contribution in [2.75, 3.05) is 11.9 Å². The summed E-state index contributed by atoms with van der Waals surface area (Å²) in [6, 6.07) is 9.87. The van der Waals surface area contributed by atoms with Crippen LogP contribution in [0.5, 0.6) is 11.5 Å². The summed E-state index contributed by atoms with van der Waals surface area (Å²) < 4.78 is 10.8. The van der Waals surface area contributed by atoms with Crippen molar-refractivity contribution in [2.45, 2.75) is 6.92 Å². The van der Waals surface area contributed by atoms with Crippen LogP contribution in [0.3, 0.4) is 0 Å². The first-order valence-corrected chi connectivity index (χ1v) is 8.21. The second-order valence-electron chi connectivity index (χ2n) is 5.27. The maximum absolute atomic E-state index is 10.8. The second-order valence-corrected chi connectivity index (χ2v) is 6.12. The van der Waals surface area contributed by atoms with E-state index in [2.05, 4.69) is 15.5 Å². The van der Waals surface area contributed by atoms with Crippen LogP contribution < -0.4 is 10.1 Å². The number of nitrogens with zero attached hydrogens (tertiary/aromatic N) is 2. The number of carboxylic acid groups (broad SMARTS) is 1. The summed E-state index contributed by atoms with van der Waals surface area (Å²) in [6.07, 6.45) is 0. The van der Waals surface area contributed by atoms with Crippen LogP contribution in [0.4, 0.5) is 5.69 Å². The minimum atomic E-state index is -0.997. The molecule has 0 radical (unpaired) electrons. The maximum Gasteiger partial charge on any atom is 0.322 e. The van der Waals surface area contributed by atoms with Crippen molar-refractivity contribution < 1.29 is 19.2 Å². The number of carbonyl (C=O) groups is 1. The van der Waals surface area contributed by atoms with Crippen molar-refractivity contribution in [3.05, 3.63) is 52.3 Å². The average Bonchev–Trinajstić information content (AvgIpc) is 3.02. The number of aliphatic carboxylic acids is 1. The topological polar surface area (TPSA) is 97.5 Å². The Morgan fingerprint density at radius 1 is 1.23 bits per heavy atom. The summed E-state index contributed by atoms with van der Waals surface area (Å²) in [6.45, 7) is 1.43. The Labute approximate surface area is 158 Å². The molecule has 7 nitrogen and oxygen atoms in total. The summed E-state index contributed by atoms with van der Waals surface area (Å²) in [5.74, 6) is 0.593. The monoisotopic (exact) mass is 393 g/mol. The van der Waals surface area contributed by atoms with Crippen LogP contribution in [0.1, 0.15) is 5.89 Å². The van der Waals surface area contributed by atoms with Gasteiger partial charge in [-0.1, -0.05) is 28.4 Å². The number of nitrogens with one attached hydrogen (secondary N) is 1. The number of hydrogen-bond donors (Lipinski definition) is 2. The lowest BCUT2D eigenvalue weighted by Crippen LogP contribution is -2.12. The first-order chi connectivity index (χ1) is 12.4. The van der Waals surface area contributed by atoms with Gasteiger partial charge in [-0.05, 0) is 30.3 Å². The van der Waals surface area contributed by atoms with Crippen molar-refractivity contribution >= 4 is 34.9 Å². The standard InChI is InChI=1S/C17H13Cl2N3O4/c1-9-21-17(22-26-9)10-2-5-14(12(19)6-10)25-15-7-11(18)3-4-13(15)20-8-16(23)24/h2-7,20H,8H2,1H3,(H,23,24). The minimum absolute atomic E-state index is 0.262. The fourth-order valence-electron chi connectivity index (χ4n) is 2.16. The molecule has 1 heterocycles. The summed E-state index contributed by atoms with van der Waals surface area (Å²) in [7, 11) is 0. The Hall–Kier alpha value is -2.77. The molecule has 0 aliphatic heterocycles. The maximum atomic E-state index is 10.8. The molecule has 0 saturated heterocycles. The third-order valence-electron chi connectivity index (χ3n) is 3.31. The van der Waals surface area contributed by atoms with Crippen molar-refractivity contribution in [1.82, 2.24) is 10.1 Å². The van der Waals surface area contributed by atoms with Gasteiger partial charge in [0, 0.05) is 23.6 Å². The van der Waals surface area contributed by atoms with E-state index in [1.807, 2.05) is 0 Å². The number of benzene rings is 2. The molecule has 1 aromatic heterocycles. The van der Waals surface area contributed by atoms with Crippen LogP contribution >= 0.6 is 23.2 Å². The van der Waals surface area contributed by atoms with Crippen LogP contribution in [0.25, 0.3) is 11.4 Å². The number of anilines is 1. The van der Waals surface area contributed by atoms with Crippen molar-refractivity contribution in [3.63, 3.8) is 0 Å². The van der Waals surface area contributed by atoms with Gasteiger partial charge in [0.1, 0.15) is 12.3 Å². The van der Waals surface area contributed by atoms with E-state index in [0.29, 0.717) is 44.5 Å². The Bertz CT molecular complexity index is 959. The molecule has 26 heavy (non-hydrogen) atoms. The summed E-state index contributed by atoms with van der Waals surface area (Å²) in [5.41, 5.74) is 1.15. The molecule has 0 aliphatic carbocycles. The van der Waals surface area contributed by atoms with Crippen LogP contribution in [0, 0.1) is 6.92 Å². The third kappa shape index (κ3) is 4.25. The molecule has 0 saturated carbocycles. The summed E-state index contributed by atoms with van der Waals surface area (Å²) in [5, 5.41) is 16.2. The fourth-order valence-corrected chi connectivity index (χ4v) is 2.54. The lowest BCUT2D eigenvalue weighted by molar-refractivity contribution is -0.134. The zero-order chi connectivity index (χ0) is 18.7. The number of hydrogen-bond acceptors (Lipinski definition) is 6. The molecule has 3 aromatic rings. The molecule has 0 aliphatic rings. The van der Waals surface area contributed by atoms with E-state index in [1.165, 1.54) is 0 Å². The number of ether oxygens (including phenoxy) is 1. The van der Waals surface area contributed by atoms with Crippen LogP contribution in [0.2, 0.25) is 10.0 Å². The van der Waals surface area contributed by atoms with Crippen molar-refractivity contribution in [3.8, 4) is 22.9 Å². The molecule has 3 rings (SSSR count). The van der Waals surface area contributed by atoms with E-state index in [1.54, 1.807) is 43.3 Å². The molecule has 134 valence electrons. The molecular weight excluding hydrogens is 381 g/mol. The van der Waals surface area contributed by atoms with Gasteiger partial charge in [-0.2, -0.15) is 4.98 Å². The van der Waals surface area contributed by atoms with E-state index < -0.39 is 5.97 Å². The number of carboxylic acids is 1. The summed E-state index contributed by atoms with van der Waals surface area (Å²) >= 11 is 12.3. The van der Waals surface area contributed by atoms with E-state index in [4.69, 9.17) is 37.6 Å². The van der Waals surface area contributed by atoms with Gasteiger partial charge in [-0.3, -0.25) is 4.79 Å². The number of aromatic nitrogens is 2. The zero-order valence-corrected chi connectivity index (χ0v) is 15.0. The van der Waals surface area contributed by atoms with Gasteiger partial charge in [-0.15, -0.1) is 0 Å². The highest BCUT2D eigenvalue weighted by Gasteiger charge is 2.13. The molecule has 2 aromatic carbocycles.